The molecule has 0 unspecified atom stereocenters. The molecule has 12 heavy (non-hydrogen) atoms. The van der Waals surface area contributed by atoms with Gasteiger partial charge in [-0.1, -0.05) is 0 Å². The van der Waals surface area contributed by atoms with E-state index in [2.05, 4.69) is 0 Å². The average Bonchev–Trinajstić information content (AvgIpc) is 1.91. The highest BCUT2D eigenvalue weighted by Gasteiger charge is 2.28. The molecule has 1 heterocycles. The normalized spacial score (nSPS) is 32.0. The third kappa shape index (κ3) is 3.30. The molecule has 0 saturated carbocycles. The fourth-order valence-corrected chi connectivity index (χ4v) is 1.45. The molecule has 1 fully saturated rings. The third-order valence-corrected chi connectivity index (χ3v) is 2.10. The molecule has 0 radical (unpaired) electrons. The molecule has 3 heteroatoms. The van der Waals surface area contributed by atoms with Gasteiger partial charge in [0.05, 0.1) is 11.0 Å². The maximum Gasteiger partial charge on any atom is 0.174 e. The summed E-state index contributed by atoms with van der Waals surface area (Å²) in [7, 11) is 0. The smallest absolute Gasteiger partial charge is 0.174 e. The number of hydrogen-bond acceptors (Lipinski definition) is 2. The molecule has 0 bridgehead atoms. The van der Waals surface area contributed by atoms with E-state index < -0.39 is 0 Å². The largest absolute Gasteiger partial charge is 0.351 e. The zero-order valence-corrected chi connectivity index (χ0v) is 8.73. The van der Waals surface area contributed by atoms with Gasteiger partial charge < -0.3 is 9.47 Å². The summed E-state index contributed by atoms with van der Waals surface area (Å²) in [4.78, 5) is 0. The van der Waals surface area contributed by atoms with Gasteiger partial charge in [-0.15, -0.1) is 11.6 Å². The van der Waals surface area contributed by atoms with Crippen LogP contribution in [0.25, 0.3) is 0 Å². The zero-order chi connectivity index (χ0) is 9.19. The number of rotatable bonds is 1. The number of ether oxygens (including phenoxy) is 2. The Morgan fingerprint density at radius 1 is 1.42 bits per heavy atom. The van der Waals surface area contributed by atoms with Gasteiger partial charge in [-0.05, 0) is 33.6 Å². The van der Waals surface area contributed by atoms with Crippen molar-refractivity contribution in [2.45, 2.75) is 50.9 Å². The van der Waals surface area contributed by atoms with Gasteiger partial charge in [0.25, 0.3) is 0 Å². The van der Waals surface area contributed by atoms with Crippen LogP contribution in [0.4, 0.5) is 0 Å². The molecular weight excluding hydrogens is 176 g/mol. The lowest BCUT2D eigenvalue weighted by molar-refractivity contribution is -0.207. The van der Waals surface area contributed by atoms with Crippen LogP contribution in [-0.4, -0.2) is 23.9 Å². The second kappa shape index (κ2) is 3.95. The first-order valence-corrected chi connectivity index (χ1v) is 4.86. The molecule has 1 aliphatic heterocycles. The first-order chi connectivity index (χ1) is 5.49. The molecule has 0 amide bonds. The lowest BCUT2D eigenvalue weighted by Gasteiger charge is -2.33. The van der Waals surface area contributed by atoms with E-state index in [1.807, 2.05) is 20.8 Å². The van der Waals surface area contributed by atoms with Crippen LogP contribution in [0.3, 0.4) is 0 Å². The van der Waals surface area contributed by atoms with Crippen LogP contribution in [0.15, 0.2) is 0 Å². The van der Waals surface area contributed by atoms with E-state index in [0.717, 1.165) is 19.4 Å². The Morgan fingerprint density at radius 3 is 2.58 bits per heavy atom. The number of alkyl halides is 1. The lowest BCUT2D eigenvalue weighted by atomic mass is 10.1. The predicted molar refractivity (Wildman–Crippen MR) is 49.5 cm³/mol. The highest BCUT2D eigenvalue weighted by molar-refractivity contribution is 6.20. The Hall–Kier alpha value is 0.210. The van der Waals surface area contributed by atoms with Crippen molar-refractivity contribution in [2.24, 2.45) is 0 Å². The number of halogens is 1. The number of hydrogen-bond donors (Lipinski definition) is 0. The Labute approximate surface area is 79.2 Å². The topological polar surface area (TPSA) is 18.5 Å². The molecule has 1 rings (SSSR count). The Balaban J connectivity index is 2.39. The standard InChI is InChI=1S/C9H17ClO2/c1-9(2,3)12-8-7(10)5-4-6-11-8/h7-8H,4-6H2,1-3H3/t7-,8-/m0/s1. The van der Waals surface area contributed by atoms with Gasteiger partial charge in [-0.2, -0.15) is 0 Å². The third-order valence-electron chi connectivity index (χ3n) is 1.67. The van der Waals surface area contributed by atoms with Crippen molar-refractivity contribution in [3.8, 4) is 0 Å². The molecule has 2 atom stereocenters. The van der Waals surface area contributed by atoms with Crippen LogP contribution in [0.2, 0.25) is 0 Å². The van der Waals surface area contributed by atoms with Crippen LogP contribution >= 0.6 is 11.6 Å². The summed E-state index contributed by atoms with van der Waals surface area (Å²) in [6.07, 6.45) is 1.81. The first kappa shape index (κ1) is 10.3. The molecule has 0 aliphatic carbocycles. The van der Waals surface area contributed by atoms with E-state index in [1.54, 1.807) is 0 Å². The fourth-order valence-electron chi connectivity index (χ4n) is 1.17. The van der Waals surface area contributed by atoms with Gasteiger partial charge in [0.2, 0.25) is 0 Å². The van der Waals surface area contributed by atoms with Crippen molar-refractivity contribution >= 4 is 11.6 Å². The predicted octanol–water partition coefficient (Wildman–Crippen LogP) is 2.55. The van der Waals surface area contributed by atoms with E-state index >= 15 is 0 Å². The van der Waals surface area contributed by atoms with Gasteiger partial charge in [-0.25, -0.2) is 0 Å². The minimum absolute atomic E-state index is 0.0120. The van der Waals surface area contributed by atoms with Gasteiger partial charge >= 0.3 is 0 Å². The second-order valence-corrected chi connectivity index (χ2v) is 4.69. The van der Waals surface area contributed by atoms with Gasteiger partial charge in [0.1, 0.15) is 0 Å². The first-order valence-electron chi connectivity index (χ1n) is 4.42. The maximum absolute atomic E-state index is 6.04. The van der Waals surface area contributed by atoms with Crippen LogP contribution in [-0.2, 0) is 9.47 Å². The highest BCUT2D eigenvalue weighted by Crippen LogP contribution is 2.24. The van der Waals surface area contributed by atoms with E-state index in [1.165, 1.54) is 0 Å². The van der Waals surface area contributed by atoms with Crippen LogP contribution < -0.4 is 0 Å². The van der Waals surface area contributed by atoms with E-state index in [-0.39, 0.29) is 17.3 Å². The summed E-state index contributed by atoms with van der Waals surface area (Å²) in [6.45, 7) is 6.79. The Bertz CT molecular complexity index is 142. The summed E-state index contributed by atoms with van der Waals surface area (Å²) in [5, 5.41) is 0.0120. The van der Waals surface area contributed by atoms with Gasteiger partial charge in [-0.3, -0.25) is 0 Å². The van der Waals surface area contributed by atoms with E-state index in [0.29, 0.717) is 0 Å². The van der Waals surface area contributed by atoms with E-state index in [4.69, 9.17) is 21.1 Å². The lowest BCUT2D eigenvalue weighted by Crippen LogP contribution is -2.38. The SMILES string of the molecule is CC(C)(C)O[C@@H]1OCCC[C@@H]1Cl. The molecule has 1 aliphatic rings. The second-order valence-electron chi connectivity index (χ2n) is 4.13. The molecule has 0 aromatic rings. The monoisotopic (exact) mass is 192 g/mol. The quantitative estimate of drug-likeness (QED) is 0.595. The fraction of sp³-hybridized carbons (Fsp3) is 1.00. The molecular formula is C9H17ClO2. The van der Waals surface area contributed by atoms with Crippen LogP contribution in [0, 0.1) is 0 Å². The summed E-state index contributed by atoms with van der Waals surface area (Å²) >= 11 is 6.04. The van der Waals surface area contributed by atoms with Gasteiger partial charge in [0.15, 0.2) is 6.29 Å². The van der Waals surface area contributed by atoms with Crippen molar-refractivity contribution in [1.29, 1.82) is 0 Å². The highest BCUT2D eigenvalue weighted by atomic mass is 35.5. The van der Waals surface area contributed by atoms with Crippen molar-refractivity contribution in [2.75, 3.05) is 6.61 Å². The molecule has 1 saturated heterocycles. The Morgan fingerprint density at radius 2 is 2.08 bits per heavy atom. The average molecular weight is 193 g/mol. The summed E-state index contributed by atoms with van der Waals surface area (Å²) < 4.78 is 11.0. The molecule has 2 nitrogen and oxygen atoms in total. The molecule has 0 aromatic carbocycles. The summed E-state index contributed by atoms with van der Waals surface area (Å²) in [6, 6.07) is 0. The van der Waals surface area contributed by atoms with Crippen molar-refractivity contribution < 1.29 is 9.47 Å². The van der Waals surface area contributed by atoms with Crippen molar-refractivity contribution in [3.05, 3.63) is 0 Å². The molecule has 0 spiro atoms. The van der Waals surface area contributed by atoms with Crippen molar-refractivity contribution in [1.82, 2.24) is 0 Å². The summed E-state index contributed by atoms with van der Waals surface area (Å²) in [5.41, 5.74) is -0.171. The minimum Gasteiger partial charge on any atom is -0.351 e. The molecule has 0 N–H and O–H groups in total. The van der Waals surface area contributed by atoms with Crippen molar-refractivity contribution in [3.63, 3.8) is 0 Å². The molecule has 72 valence electrons. The van der Waals surface area contributed by atoms with Crippen LogP contribution in [0.5, 0.6) is 0 Å². The summed E-state index contributed by atoms with van der Waals surface area (Å²) in [5.74, 6) is 0. The van der Waals surface area contributed by atoms with Crippen LogP contribution in [0.1, 0.15) is 33.6 Å². The van der Waals surface area contributed by atoms with Gasteiger partial charge in [0, 0.05) is 6.61 Å². The molecule has 0 aromatic heterocycles. The Kier molecular flexibility index (Phi) is 3.38. The zero-order valence-electron chi connectivity index (χ0n) is 7.97. The maximum atomic E-state index is 6.04. The van der Waals surface area contributed by atoms with E-state index in [9.17, 15) is 0 Å². The minimum atomic E-state index is -0.222.